The molecule has 1 atom stereocenters. The highest BCUT2D eigenvalue weighted by atomic mass is 32.1. The van der Waals surface area contributed by atoms with Crippen LogP contribution in [0.15, 0.2) is 0 Å². The summed E-state index contributed by atoms with van der Waals surface area (Å²) in [6, 6.07) is 0.593. The van der Waals surface area contributed by atoms with Crippen molar-refractivity contribution in [2.45, 2.75) is 32.4 Å². The number of hydrogen-bond acceptors (Lipinski definition) is 6. The summed E-state index contributed by atoms with van der Waals surface area (Å²) in [6.45, 7) is 4.81. The highest BCUT2D eigenvalue weighted by Crippen LogP contribution is 2.35. The predicted molar refractivity (Wildman–Crippen MR) is 68.8 cm³/mol. The zero-order valence-electron chi connectivity index (χ0n) is 10.4. The minimum Gasteiger partial charge on any atom is -0.383 e. The minimum absolute atomic E-state index is 0.547. The van der Waals surface area contributed by atoms with Gasteiger partial charge in [0.25, 0.3) is 0 Å². The SMILES string of the molecule is COCCN(Cc1nnc(N)s1)C(C)C1CC1. The van der Waals surface area contributed by atoms with Crippen LogP contribution in [0.1, 0.15) is 24.8 Å². The average molecular weight is 256 g/mol. The number of nitrogens with zero attached hydrogens (tertiary/aromatic N) is 3. The fraction of sp³-hybridized carbons (Fsp3) is 0.818. The molecule has 2 rings (SSSR count). The van der Waals surface area contributed by atoms with Gasteiger partial charge in [-0.15, -0.1) is 10.2 Å². The van der Waals surface area contributed by atoms with Crippen molar-refractivity contribution >= 4 is 16.5 Å². The standard InChI is InChI=1S/C11H20N4OS/c1-8(9-3-4-9)15(5-6-16-2)7-10-13-14-11(12)17-10/h8-9H,3-7H2,1-2H3,(H2,12,14). The highest BCUT2D eigenvalue weighted by molar-refractivity contribution is 7.15. The third kappa shape index (κ3) is 3.62. The van der Waals surface area contributed by atoms with E-state index in [1.807, 2.05) is 0 Å². The molecule has 1 unspecified atom stereocenters. The molecular weight excluding hydrogens is 236 g/mol. The molecule has 0 amide bonds. The second-order valence-corrected chi connectivity index (χ2v) is 5.67. The Hall–Kier alpha value is -0.720. The van der Waals surface area contributed by atoms with Crippen LogP contribution in [0.3, 0.4) is 0 Å². The van der Waals surface area contributed by atoms with E-state index in [2.05, 4.69) is 22.0 Å². The second-order valence-electron chi connectivity index (χ2n) is 4.58. The lowest BCUT2D eigenvalue weighted by molar-refractivity contribution is 0.111. The van der Waals surface area contributed by atoms with Crippen LogP contribution < -0.4 is 5.73 Å². The minimum atomic E-state index is 0.547. The van der Waals surface area contributed by atoms with Crippen molar-refractivity contribution < 1.29 is 4.74 Å². The molecule has 1 aromatic heterocycles. The van der Waals surface area contributed by atoms with Gasteiger partial charge in [0.05, 0.1) is 13.2 Å². The smallest absolute Gasteiger partial charge is 0.203 e. The number of methoxy groups -OCH3 is 1. The molecule has 96 valence electrons. The van der Waals surface area contributed by atoms with Crippen LogP contribution in [-0.4, -0.2) is 41.4 Å². The molecule has 1 aromatic rings. The van der Waals surface area contributed by atoms with E-state index in [0.717, 1.165) is 30.6 Å². The molecule has 17 heavy (non-hydrogen) atoms. The van der Waals surface area contributed by atoms with Crippen LogP contribution in [0.2, 0.25) is 0 Å². The lowest BCUT2D eigenvalue weighted by Gasteiger charge is -2.27. The number of ether oxygens (including phenoxy) is 1. The maximum Gasteiger partial charge on any atom is 0.203 e. The summed E-state index contributed by atoms with van der Waals surface area (Å²) in [4.78, 5) is 2.42. The summed E-state index contributed by atoms with van der Waals surface area (Å²) in [7, 11) is 1.74. The molecular formula is C11H20N4OS. The van der Waals surface area contributed by atoms with Crippen LogP contribution in [0.5, 0.6) is 0 Å². The van der Waals surface area contributed by atoms with E-state index in [9.17, 15) is 0 Å². The Balaban J connectivity index is 1.93. The molecule has 1 saturated carbocycles. The molecule has 0 aromatic carbocycles. The fourth-order valence-corrected chi connectivity index (χ4v) is 2.65. The first-order chi connectivity index (χ1) is 8.20. The Labute approximate surface area is 106 Å². The Bertz CT molecular complexity index is 353. The first-order valence-corrected chi connectivity index (χ1v) is 6.83. The number of nitrogen functional groups attached to an aromatic ring is 1. The van der Waals surface area contributed by atoms with Crippen molar-refractivity contribution in [2.75, 3.05) is 26.0 Å². The molecule has 1 heterocycles. The summed E-state index contributed by atoms with van der Waals surface area (Å²) >= 11 is 1.47. The van der Waals surface area contributed by atoms with Gasteiger partial charge in [0, 0.05) is 19.7 Å². The molecule has 6 heteroatoms. The lowest BCUT2D eigenvalue weighted by atomic mass is 10.2. The molecule has 0 aliphatic heterocycles. The summed E-state index contributed by atoms with van der Waals surface area (Å²) < 4.78 is 5.17. The van der Waals surface area contributed by atoms with Crippen LogP contribution in [-0.2, 0) is 11.3 Å². The Morgan fingerprint density at radius 1 is 1.53 bits per heavy atom. The average Bonchev–Trinajstić information content (AvgIpc) is 3.08. The van der Waals surface area contributed by atoms with E-state index in [1.165, 1.54) is 24.2 Å². The fourth-order valence-electron chi connectivity index (χ4n) is 2.02. The van der Waals surface area contributed by atoms with E-state index >= 15 is 0 Å². The Morgan fingerprint density at radius 2 is 2.29 bits per heavy atom. The van der Waals surface area contributed by atoms with E-state index in [1.54, 1.807) is 7.11 Å². The lowest BCUT2D eigenvalue weighted by Crippen LogP contribution is -2.36. The second kappa shape index (κ2) is 5.75. The van der Waals surface area contributed by atoms with Gasteiger partial charge in [-0.05, 0) is 25.7 Å². The number of rotatable bonds is 7. The molecule has 5 nitrogen and oxygen atoms in total. The summed E-state index contributed by atoms with van der Waals surface area (Å²) in [5.74, 6) is 0.845. The number of nitrogens with two attached hydrogens (primary N) is 1. The van der Waals surface area contributed by atoms with Gasteiger partial charge in [-0.2, -0.15) is 0 Å². The van der Waals surface area contributed by atoms with E-state index in [-0.39, 0.29) is 0 Å². The van der Waals surface area contributed by atoms with Crippen molar-refractivity contribution in [3.05, 3.63) is 5.01 Å². The molecule has 0 saturated heterocycles. The summed E-state index contributed by atoms with van der Waals surface area (Å²) in [5, 5.41) is 9.48. The van der Waals surface area contributed by atoms with E-state index in [0.29, 0.717) is 11.2 Å². The normalized spacial score (nSPS) is 17.6. The van der Waals surface area contributed by atoms with Crippen molar-refractivity contribution in [3.8, 4) is 0 Å². The number of anilines is 1. The van der Waals surface area contributed by atoms with Crippen LogP contribution in [0.25, 0.3) is 0 Å². The van der Waals surface area contributed by atoms with Gasteiger partial charge >= 0.3 is 0 Å². The van der Waals surface area contributed by atoms with Crippen LogP contribution >= 0.6 is 11.3 Å². The molecule has 1 aliphatic carbocycles. The van der Waals surface area contributed by atoms with Gasteiger partial charge in [-0.25, -0.2) is 0 Å². The van der Waals surface area contributed by atoms with Gasteiger partial charge < -0.3 is 10.5 Å². The molecule has 2 N–H and O–H groups in total. The molecule has 0 spiro atoms. The van der Waals surface area contributed by atoms with E-state index < -0.39 is 0 Å². The molecule has 1 aliphatic rings. The van der Waals surface area contributed by atoms with Gasteiger partial charge in [0.1, 0.15) is 5.01 Å². The largest absolute Gasteiger partial charge is 0.383 e. The number of aromatic nitrogens is 2. The zero-order chi connectivity index (χ0) is 12.3. The zero-order valence-corrected chi connectivity index (χ0v) is 11.2. The third-order valence-corrected chi connectivity index (χ3v) is 4.02. The van der Waals surface area contributed by atoms with Gasteiger partial charge in [0.2, 0.25) is 5.13 Å². The quantitative estimate of drug-likeness (QED) is 0.798. The maximum absolute atomic E-state index is 5.60. The highest BCUT2D eigenvalue weighted by Gasteiger charge is 2.32. The van der Waals surface area contributed by atoms with Gasteiger partial charge in [-0.1, -0.05) is 11.3 Å². The Morgan fingerprint density at radius 3 is 2.82 bits per heavy atom. The van der Waals surface area contributed by atoms with Crippen molar-refractivity contribution in [2.24, 2.45) is 5.92 Å². The first kappa shape index (κ1) is 12.7. The third-order valence-electron chi connectivity index (χ3n) is 3.28. The van der Waals surface area contributed by atoms with Gasteiger partial charge in [0.15, 0.2) is 0 Å². The van der Waals surface area contributed by atoms with Gasteiger partial charge in [-0.3, -0.25) is 4.90 Å². The Kier molecular flexibility index (Phi) is 4.31. The van der Waals surface area contributed by atoms with E-state index in [4.69, 9.17) is 10.5 Å². The number of hydrogen-bond donors (Lipinski definition) is 1. The van der Waals surface area contributed by atoms with Crippen LogP contribution in [0.4, 0.5) is 5.13 Å². The monoisotopic (exact) mass is 256 g/mol. The summed E-state index contributed by atoms with van der Waals surface area (Å²) in [5.41, 5.74) is 5.60. The molecule has 1 fully saturated rings. The molecule has 0 bridgehead atoms. The topological polar surface area (TPSA) is 64.3 Å². The molecule has 0 radical (unpaired) electrons. The summed E-state index contributed by atoms with van der Waals surface area (Å²) in [6.07, 6.45) is 2.70. The first-order valence-electron chi connectivity index (χ1n) is 6.01. The maximum atomic E-state index is 5.60. The van der Waals surface area contributed by atoms with Crippen molar-refractivity contribution in [3.63, 3.8) is 0 Å². The van der Waals surface area contributed by atoms with Crippen molar-refractivity contribution in [1.82, 2.24) is 15.1 Å². The van der Waals surface area contributed by atoms with Crippen molar-refractivity contribution in [1.29, 1.82) is 0 Å². The predicted octanol–water partition coefficient (Wildman–Crippen LogP) is 1.37. The van der Waals surface area contributed by atoms with Crippen LogP contribution in [0, 0.1) is 5.92 Å².